The Balaban J connectivity index is 1.90. The van der Waals surface area contributed by atoms with Crippen molar-refractivity contribution in [3.8, 4) is 17.6 Å². The highest BCUT2D eigenvalue weighted by molar-refractivity contribution is 5.86. The SMILES string of the molecule is COc1ccc2nc(C)cc(OCc3ccc(C#N)cc3)c2c1. The van der Waals surface area contributed by atoms with Crippen LogP contribution in [0.15, 0.2) is 48.5 Å². The molecule has 23 heavy (non-hydrogen) atoms. The standard InChI is InChI=1S/C19H16N2O2/c1-13-9-19(17-10-16(22-2)7-8-18(17)21-13)23-12-15-5-3-14(11-20)4-6-15/h3-10H,12H2,1-2H3. The minimum atomic E-state index is 0.432. The molecule has 114 valence electrons. The Morgan fingerprint density at radius 2 is 1.87 bits per heavy atom. The highest BCUT2D eigenvalue weighted by Gasteiger charge is 2.07. The fourth-order valence-electron chi connectivity index (χ4n) is 2.38. The van der Waals surface area contributed by atoms with Crippen LogP contribution in [0.3, 0.4) is 0 Å². The van der Waals surface area contributed by atoms with Gasteiger partial charge in [0.1, 0.15) is 18.1 Å². The average Bonchev–Trinajstić information content (AvgIpc) is 2.59. The first kappa shape index (κ1) is 14.9. The summed E-state index contributed by atoms with van der Waals surface area (Å²) in [6.07, 6.45) is 0. The van der Waals surface area contributed by atoms with Crippen LogP contribution in [0.1, 0.15) is 16.8 Å². The number of hydrogen-bond donors (Lipinski definition) is 0. The number of benzene rings is 2. The molecule has 0 aliphatic heterocycles. The van der Waals surface area contributed by atoms with E-state index in [-0.39, 0.29) is 0 Å². The van der Waals surface area contributed by atoms with Crippen molar-refractivity contribution in [2.75, 3.05) is 7.11 Å². The molecule has 0 radical (unpaired) electrons. The van der Waals surface area contributed by atoms with E-state index in [0.29, 0.717) is 12.2 Å². The van der Waals surface area contributed by atoms with Crippen molar-refractivity contribution >= 4 is 10.9 Å². The van der Waals surface area contributed by atoms with Gasteiger partial charge in [0.05, 0.1) is 24.3 Å². The number of fused-ring (bicyclic) bond motifs is 1. The highest BCUT2D eigenvalue weighted by Crippen LogP contribution is 2.29. The summed E-state index contributed by atoms with van der Waals surface area (Å²) in [6.45, 7) is 2.37. The fraction of sp³-hybridized carbons (Fsp3) is 0.158. The summed E-state index contributed by atoms with van der Waals surface area (Å²) in [5, 5.41) is 9.75. The second-order valence-corrected chi connectivity index (χ2v) is 5.24. The number of hydrogen-bond acceptors (Lipinski definition) is 4. The van der Waals surface area contributed by atoms with Crippen molar-refractivity contribution in [2.24, 2.45) is 0 Å². The molecule has 0 saturated carbocycles. The molecule has 0 saturated heterocycles. The number of pyridine rings is 1. The van der Waals surface area contributed by atoms with Gasteiger partial charge in [-0.3, -0.25) is 4.98 Å². The molecule has 0 N–H and O–H groups in total. The van der Waals surface area contributed by atoms with Crippen molar-refractivity contribution in [2.45, 2.75) is 13.5 Å². The Hall–Kier alpha value is -3.06. The predicted octanol–water partition coefficient (Wildman–Crippen LogP) is 4.00. The first-order valence-corrected chi connectivity index (χ1v) is 7.27. The lowest BCUT2D eigenvalue weighted by atomic mass is 10.1. The summed E-state index contributed by atoms with van der Waals surface area (Å²) < 4.78 is 11.3. The molecule has 0 aliphatic carbocycles. The van der Waals surface area contributed by atoms with Crippen LogP contribution in [0, 0.1) is 18.3 Å². The van der Waals surface area contributed by atoms with Crippen LogP contribution in [0.2, 0.25) is 0 Å². The topological polar surface area (TPSA) is 55.1 Å². The quantitative estimate of drug-likeness (QED) is 0.731. The molecule has 0 atom stereocenters. The van der Waals surface area contributed by atoms with Gasteiger partial charge in [-0.05, 0) is 42.8 Å². The van der Waals surface area contributed by atoms with Crippen molar-refractivity contribution in [1.29, 1.82) is 5.26 Å². The molecule has 0 amide bonds. The molecule has 0 spiro atoms. The number of rotatable bonds is 4. The van der Waals surface area contributed by atoms with Crippen LogP contribution >= 0.6 is 0 Å². The summed E-state index contributed by atoms with van der Waals surface area (Å²) in [5.74, 6) is 1.54. The Bertz CT molecular complexity index is 880. The Morgan fingerprint density at radius 3 is 2.57 bits per heavy atom. The third kappa shape index (κ3) is 3.24. The van der Waals surface area contributed by atoms with E-state index < -0.39 is 0 Å². The summed E-state index contributed by atoms with van der Waals surface area (Å²) in [4.78, 5) is 4.52. The van der Waals surface area contributed by atoms with Crippen molar-refractivity contribution in [3.63, 3.8) is 0 Å². The van der Waals surface area contributed by atoms with Gasteiger partial charge in [-0.15, -0.1) is 0 Å². The molecule has 4 heteroatoms. The van der Waals surface area contributed by atoms with E-state index >= 15 is 0 Å². The van der Waals surface area contributed by atoms with E-state index in [9.17, 15) is 0 Å². The first-order valence-electron chi connectivity index (χ1n) is 7.27. The molecule has 3 aromatic rings. The minimum absolute atomic E-state index is 0.432. The van der Waals surface area contributed by atoms with Crippen LogP contribution in [0.5, 0.6) is 11.5 Å². The van der Waals surface area contributed by atoms with Gasteiger partial charge in [0.2, 0.25) is 0 Å². The maximum Gasteiger partial charge on any atom is 0.131 e. The van der Waals surface area contributed by atoms with E-state index in [0.717, 1.165) is 33.7 Å². The highest BCUT2D eigenvalue weighted by atomic mass is 16.5. The Kier molecular flexibility index (Phi) is 4.11. The lowest BCUT2D eigenvalue weighted by Gasteiger charge is -2.11. The van der Waals surface area contributed by atoms with Crippen LogP contribution in [0.4, 0.5) is 0 Å². The van der Waals surface area contributed by atoms with E-state index in [4.69, 9.17) is 14.7 Å². The molecule has 3 rings (SSSR count). The maximum absolute atomic E-state index is 8.83. The zero-order chi connectivity index (χ0) is 16.2. The lowest BCUT2D eigenvalue weighted by molar-refractivity contribution is 0.309. The largest absolute Gasteiger partial charge is 0.497 e. The normalized spacial score (nSPS) is 10.3. The zero-order valence-electron chi connectivity index (χ0n) is 13.0. The molecular formula is C19H16N2O2. The summed E-state index contributed by atoms with van der Waals surface area (Å²) >= 11 is 0. The van der Waals surface area contributed by atoms with Gasteiger partial charge in [-0.25, -0.2) is 0 Å². The van der Waals surface area contributed by atoms with E-state index in [1.807, 2.05) is 43.3 Å². The second-order valence-electron chi connectivity index (χ2n) is 5.24. The first-order chi connectivity index (χ1) is 11.2. The number of ether oxygens (including phenoxy) is 2. The maximum atomic E-state index is 8.83. The number of aryl methyl sites for hydroxylation is 1. The number of methoxy groups -OCH3 is 1. The summed E-state index contributed by atoms with van der Waals surface area (Å²) in [5.41, 5.74) is 3.43. The van der Waals surface area contributed by atoms with Crippen molar-refractivity contribution < 1.29 is 9.47 Å². The second kappa shape index (κ2) is 6.37. The Morgan fingerprint density at radius 1 is 1.09 bits per heavy atom. The van der Waals surface area contributed by atoms with Crippen molar-refractivity contribution in [1.82, 2.24) is 4.98 Å². The van der Waals surface area contributed by atoms with Crippen LogP contribution in [-0.4, -0.2) is 12.1 Å². The molecule has 0 fully saturated rings. The number of aromatic nitrogens is 1. The van der Waals surface area contributed by atoms with Gasteiger partial charge in [0, 0.05) is 17.1 Å². The Labute approximate surface area is 134 Å². The third-order valence-corrected chi connectivity index (χ3v) is 3.58. The van der Waals surface area contributed by atoms with E-state index in [2.05, 4.69) is 11.1 Å². The van der Waals surface area contributed by atoms with Gasteiger partial charge >= 0.3 is 0 Å². The zero-order valence-corrected chi connectivity index (χ0v) is 13.0. The molecule has 0 unspecified atom stereocenters. The van der Waals surface area contributed by atoms with Crippen LogP contribution in [-0.2, 0) is 6.61 Å². The van der Waals surface area contributed by atoms with Gasteiger partial charge in [-0.2, -0.15) is 5.26 Å². The molecule has 1 heterocycles. The van der Waals surface area contributed by atoms with E-state index in [1.165, 1.54) is 0 Å². The average molecular weight is 304 g/mol. The smallest absolute Gasteiger partial charge is 0.131 e. The third-order valence-electron chi connectivity index (χ3n) is 3.58. The molecule has 4 nitrogen and oxygen atoms in total. The minimum Gasteiger partial charge on any atom is -0.497 e. The molecular weight excluding hydrogens is 288 g/mol. The monoisotopic (exact) mass is 304 g/mol. The van der Waals surface area contributed by atoms with Gasteiger partial charge < -0.3 is 9.47 Å². The van der Waals surface area contributed by atoms with Gasteiger partial charge in [0.25, 0.3) is 0 Å². The van der Waals surface area contributed by atoms with Crippen LogP contribution in [0.25, 0.3) is 10.9 Å². The summed E-state index contributed by atoms with van der Waals surface area (Å²) in [6, 6.07) is 17.1. The lowest BCUT2D eigenvalue weighted by Crippen LogP contribution is -1.98. The summed E-state index contributed by atoms with van der Waals surface area (Å²) in [7, 11) is 1.64. The van der Waals surface area contributed by atoms with Crippen molar-refractivity contribution in [3.05, 3.63) is 65.4 Å². The fourth-order valence-corrected chi connectivity index (χ4v) is 2.38. The molecule has 0 bridgehead atoms. The molecule has 2 aromatic carbocycles. The molecule has 0 aliphatic rings. The predicted molar refractivity (Wildman–Crippen MR) is 88.5 cm³/mol. The van der Waals surface area contributed by atoms with Crippen LogP contribution < -0.4 is 9.47 Å². The van der Waals surface area contributed by atoms with Gasteiger partial charge in [0.15, 0.2) is 0 Å². The number of nitriles is 1. The van der Waals surface area contributed by atoms with Gasteiger partial charge in [-0.1, -0.05) is 12.1 Å². The number of nitrogens with zero attached hydrogens (tertiary/aromatic N) is 2. The van der Waals surface area contributed by atoms with E-state index in [1.54, 1.807) is 19.2 Å². The molecule has 1 aromatic heterocycles.